The lowest BCUT2D eigenvalue weighted by atomic mass is 9.79. The summed E-state index contributed by atoms with van der Waals surface area (Å²) in [6, 6.07) is 1.82. The Hall–Kier alpha value is -1.05. The summed E-state index contributed by atoms with van der Waals surface area (Å²) in [6.45, 7) is 1.04. The molecule has 1 amide bonds. The van der Waals surface area contributed by atoms with Gasteiger partial charge in [0.05, 0.1) is 11.1 Å². The molecule has 1 saturated heterocycles. The monoisotopic (exact) mass is 348 g/mol. The number of halogens is 3. The highest BCUT2D eigenvalue weighted by atomic mass is 79.9. The van der Waals surface area contributed by atoms with Crippen LogP contribution in [-0.2, 0) is 9.53 Å². The van der Waals surface area contributed by atoms with Crippen LogP contribution in [0.4, 0.5) is 14.5 Å². The molecular formula is C13H15BrF2N2O2. The van der Waals surface area contributed by atoms with Gasteiger partial charge in [-0.25, -0.2) is 8.78 Å². The van der Waals surface area contributed by atoms with E-state index in [0.29, 0.717) is 26.1 Å². The molecule has 1 aromatic rings. The summed E-state index contributed by atoms with van der Waals surface area (Å²) in [6.07, 6.45) is 0.964. The highest BCUT2D eigenvalue weighted by Crippen LogP contribution is 2.33. The summed E-state index contributed by atoms with van der Waals surface area (Å²) >= 11 is 3.04. The number of anilines is 1. The van der Waals surface area contributed by atoms with Gasteiger partial charge in [0.1, 0.15) is 5.82 Å². The average molecular weight is 349 g/mol. The summed E-state index contributed by atoms with van der Waals surface area (Å²) in [5.74, 6) is -1.91. The third-order valence-corrected chi connectivity index (χ3v) is 4.19. The van der Waals surface area contributed by atoms with Gasteiger partial charge in [0, 0.05) is 30.3 Å². The number of ether oxygens (including phenoxy) is 1. The van der Waals surface area contributed by atoms with Crippen molar-refractivity contribution in [2.45, 2.75) is 12.8 Å². The number of carbonyl (C=O) groups is 1. The fraction of sp³-hybridized carbons (Fsp3) is 0.462. The second-order valence-corrected chi connectivity index (χ2v) is 5.65. The highest BCUT2D eigenvalue weighted by Gasteiger charge is 2.39. The molecule has 0 radical (unpaired) electrons. The molecule has 1 aromatic carbocycles. The van der Waals surface area contributed by atoms with Crippen LogP contribution in [0.15, 0.2) is 16.6 Å². The van der Waals surface area contributed by atoms with Gasteiger partial charge in [-0.15, -0.1) is 0 Å². The number of nitrogens with one attached hydrogen (secondary N) is 1. The van der Waals surface area contributed by atoms with Crippen molar-refractivity contribution < 1.29 is 18.3 Å². The Morgan fingerprint density at radius 1 is 1.40 bits per heavy atom. The van der Waals surface area contributed by atoms with Crippen LogP contribution in [0.2, 0.25) is 0 Å². The Kier molecular flexibility index (Phi) is 4.72. The smallest absolute Gasteiger partial charge is 0.232 e. The normalized spacial score (nSPS) is 17.8. The summed E-state index contributed by atoms with van der Waals surface area (Å²) in [5, 5.41) is 2.50. The third-order valence-electron chi connectivity index (χ3n) is 3.57. The predicted molar refractivity (Wildman–Crippen MR) is 74.2 cm³/mol. The van der Waals surface area contributed by atoms with Gasteiger partial charge in [-0.05, 0) is 34.8 Å². The van der Waals surface area contributed by atoms with Crippen LogP contribution in [0.3, 0.4) is 0 Å². The molecule has 0 saturated carbocycles. The molecule has 1 fully saturated rings. The lowest BCUT2D eigenvalue weighted by Crippen LogP contribution is -2.46. The lowest BCUT2D eigenvalue weighted by Gasteiger charge is -2.34. The summed E-state index contributed by atoms with van der Waals surface area (Å²) in [4.78, 5) is 12.4. The van der Waals surface area contributed by atoms with Gasteiger partial charge in [-0.1, -0.05) is 0 Å². The van der Waals surface area contributed by atoms with Crippen molar-refractivity contribution in [2.75, 3.05) is 25.1 Å². The van der Waals surface area contributed by atoms with Gasteiger partial charge in [0.2, 0.25) is 5.91 Å². The second-order valence-electron chi connectivity index (χ2n) is 4.80. The lowest BCUT2D eigenvalue weighted by molar-refractivity contribution is -0.130. The van der Waals surface area contributed by atoms with E-state index in [9.17, 15) is 13.6 Å². The zero-order valence-electron chi connectivity index (χ0n) is 10.7. The number of hydrogen-bond donors (Lipinski definition) is 2. The molecule has 0 atom stereocenters. The highest BCUT2D eigenvalue weighted by molar-refractivity contribution is 9.10. The quantitative estimate of drug-likeness (QED) is 0.881. The maximum Gasteiger partial charge on any atom is 0.232 e. The van der Waals surface area contributed by atoms with Gasteiger partial charge >= 0.3 is 0 Å². The first-order valence-corrected chi connectivity index (χ1v) is 7.02. The van der Waals surface area contributed by atoms with Gasteiger partial charge in [-0.2, -0.15) is 0 Å². The minimum absolute atomic E-state index is 0.0734. The van der Waals surface area contributed by atoms with Crippen molar-refractivity contribution in [3.05, 3.63) is 28.2 Å². The van der Waals surface area contributed by atoms with E-state index >= 15 is 0 Å². The zero-order chi connectivity index (χ0) is 14.8. The largest absolute Gasteiger partial charge is 0.381 e. The first kappa shape index (κ1) is 15.3. The molecule has 1 aliphatic rings. The van der Waals surface area contributed by atoms with E-state index in [0.717, 1.165) is 12.1 Å². The Balaban J connectivity index is 2.23. The van der Waals surface area contributed by atoms with Crippen LogP contribution in [0.1, 0.15) is 12.8 Å². The molecule has 0 spiro atoms. The van der Waals surface area contributed by atoms with Gasteiger partial charge in [-0.3, -0.25) is 4.79 Å². The number of hydrogen-bond acceptors (Lipinski definition) is 3. The van der Waals surface area contributed by atoms with E-state index in [1.165, 1.54) is 0 Å². The first-order valence-electron chi connectivity index (χ1n) is 6.22. The molecule has 2 rings (SSSR count). The third kappa shape index (κ3) is 2.99. The van der Waals surface area contributed by atoms with Crippen molar-refractivity contribution in [2.24, 2.45) is 11.1 Å². The molecule has 1 aliphatic heterocycles. The van der Waals surface area contributed by atoms with Crippen LogP contribution in [0.5, 0.6) is 0 Å². The SMILES string of the molecule is NCC1(C(=O)Nc2c(F)cc(F)cc2Br)CCOCC1. The maximum atomic E-state index is 13.7. The van der Waals surface area contributed by atoms with Crippen LogP contribution in [-0.4, -0.2) is 25.7 Å². The summed E-state index contributed by atoms with van der Waals surface area (Å²) in [7, 11) is 0. The van der Waals surface area contributed by atoms with Crippen molar-refractivity contribution in [1.29, 1.82) is 0 Å². The van der Waals surface area contributed by atoms with Gasteiger partial charge in [0.15, 0.2) is 5.82 Å². The van der Waals surface area contributed by atoms with E-state index in [1.54, 1.807) is 0 Å². The molecule has 1 heterocycles. The van der Waals surface area contributed by atoms with E-state index in [1.807, 2.05) is 0 Å². The van der Waals surface area contributed by atoms with Crippen LogP contribution >= 0.6 is 15.9 Å². The minimum atomic E-state index is -0.829. The second kappa shape index (κ2) is 6.15. The van der Waals surface area contributed by atoms with E-state index < -0.39 is 17.0 Å². The zero-order valence-corrected chi connectivity index (χ0v) is 12.3. The van der Waals surface area contributed by atoms with Crippen LogP contribution in [0, 0.1) is 17.0 Å². The van der Waals surface area contributed by atoms with E-state index in [2.05, 4.69) is 21.2 Å². The molecule has 0 bridgehead atoms. The van der Waals surface area contributed by atoms with Crippen LogP contribution in [0.25, 0.3) is 0 Å². The maximum absolute atomic E-state index is 13.7. The van der Waals surface area contributed by atoms with Crippen molar-refractivity contribution in [1.82, 2.24) is 0 Å². The standard InChI is InChI=1S/C13H15BrF2N2O2/c14-9-5-8(15)6-10(16)11(9)18-12(19)13(7-17)1-3-20-4-2-13/h5-6H,1-4,7,17H2,(H,18,19). The van der Waals surface area contributed by atoms with E-state index in [4.69, 9.17) is 10.5 Å². The van der Waals surface area contributed by atoms with Crippen LogP contribution < -0.4 is 11.1 Å². The molecule has 4 nitrogen and oxygen atoms in total. The fourth-order valence-corrected chi connectivity index (χ4v) is 2.70. The van der Waals surface area contributed by atoms with Gasteiger partial charge < -0.3 is 15.8 Å². The number of amides is 1. The summed E-state index contributed by atoms with van der Waals surface area (Å²) < 4.78 is 32.1. The molecule has 0 aliphatic carbocycles. The minimum Gasteiger partial charge on any atom is -0.381 e. The Morgan fingerprint density at radius 2 is 2.05 bits per heavy atom. The van der Waals surface area contributed by atoms with Crippen molar-refractivity contribution >= 4 is 27.5 Å². The average Bonchev–Trinajstić information content (AvgIpc) is 2.43. The van der Waals surface area contributed by atoms with Crippen molar-refractivity contribution in [3.63, 3.8) is 0 Å². The van der Waals surface area contributed by atoms with E-state index in [-0.39, 0.29) is 22.6 Å². The van der Waals surface area contributed by atoms with Crippen molar-refractivity contribution in [3.8, 4) is 0 Å². The Labute approximate surface area is 123 Å². The predicted octanol–water partition coefficient (Wildman–Crippen LogP) is 2.42. The Morgan fingerprint density at radius 3 is 2.60 bits per heavy atom. The molecule has 7 heteroatoms. The molecule has 0 unspecified atom stereocenters. The number of carbonyl (C=O) groups excluding carboxylic acids is 1. The molecule has 20 heavy (non-hydrogen) atoms. The molecular weight excluding hydrogens is 334 g/mol. The fourth-order valence-electron chi connectivity index (χ4n) is 2.19. The number of rotatable bonds is 3. The molecule has 0 aromatic heterocycles. The first-order chi connectivity index (χ1) is 9.48. The van der Waals surface area contributed by atoms with Gasteiger partial charge in [0.25, 0.3) is 0 Å². The summed E-state index contributed by atoms with van der Waals surface area (Å²) in [5.41, 5.74) is 4.87. The topological polar surface area (TPSA) is 64.4 Å². The number of nitrogens with two attached hydrogens (primary N) is 1. The molecule has 110 valence electrons. The number of benzene rings is 1. The molecule has 3 N–H and O–H groups in total. The Bertz CT molecular complexity index is 496.